The Morgan fingerprint density at radius 1 is 0.867 bits per heavy atom. The minimum atomic E-state index is -3.69. The second kappa shape index (κ2) is 8.31. The molecule has 1 fully saturated rings. The van der Waals surface area contributed by atoms with Crippen LogP contribution in [0.3, 0.4) is 0 Å². The summed E-state index contributed by atoms with van der Waals surface area (Å²) in [5, 5.41) is 0. The maximum absolute atomic E-state index is 12.7. The van der Waals surface area contributed by atoms with E-state index in [0.717, 1.165) is 31.7 Å². The Morgan fingerprint density at radius 2 is 1.50 bits per heavy atom. The zero-order valence-electron chi connectivity index (χ0n) is 17.1. The molecule has 0 bridgehead atoms. The highest BCUT2D eigenvalue weighted by Crippen LogP contribution is 2.22. The molecule has 1 aliphatic rings. The molecule has 0 saturated carbocycles. The molecule has 156 valence electrons. The Labute approximate surface area is 177 Å². The molecule has 0 aliphatic carbocycles. The lowest BCUT2D eigenvalue weighted by Gasteiger charge is -2.36. The third kappa shape index (κ3) is 4.38. The van der Waals surface area contributed by atoms with Crippen LogP contribution in [-0.2, 0) is 10.0 Å². The van der Waals surface area contributed by atoms with Crippen molar-refractivity contribution in [2.24, 2.45) is 0 Å². The summed E-state index contributed by atoms with van der Waals surface area (Å²) in [6, 6.07) is 15.7. The first-order valence-corrected chi connectivity index (χ1v) is 11.4. The van der Waals surface area contributed by atoms with Crippen molar-refractivity contribution in [3.8, 4) is 0 Å². The van der Waals surface area contributed by atoms with Crippen molar-refractivity contribution in [3.63, 3.8) is 0 Å². The molecule has 1 saturated heterocycles. The van der Waals surface area contributed by atoms with E-state index in [1.54, 1.807) is 19.1 Å². The molecule has 0 radical (unpaired) electrons. The van der Waals surface area contributed by atoms with Gasteiger partial charge in [0, 0.05) is 31.9 Å². The molecule has 0 amide bonds. The monoisotopic (exact) mass is 423 g/mol. The lowest BCUT2D eigenvalue weighted by molar-refractivity contribution is 0.600. The van der Waals surface area contributed by atoms with Gasteiger partial charge in [0.1, 0.15) is 0 Å². The van der Waals surface area contributed by atoms with Gasteiger partial charge in [-0.2, -0.15) is 0 Å². The molecular weight excluding hydrogens is 398 g/mol. The van der Waals surface area contributed by atoms with E-state index in [4.69, 9.17) is 0 Å². The number of rotatable bonds is 5. The third-order valence-electron chi connectivity index (χ3n) is 5.21. The Kier molecular flexibility index (Phi) is 5.59. The zero-order valence-corrected chi connectivity index (χ0v) is 17.9. The first-order valence-electron chi connectivity index (χ1n) is 9.89. The molecule has 0 spiro atoms. The van der Waals surface area contributed by atoms with Crippen LogP contribution in [0.15, 0.2) is 65.8 Å². The van der Waals surface area contributed by atoms with Gasteiger partial charge in [0.15, 0.2) is 0 Å². The number of benzene rings is 2. The smallest absolute Gasteiger partial charge is 0.262 e. The molecule has 8 heteroatoms. The van der Waals surface area contributed by atoms with Gasteiger partial charge < -0.3 is 9.80 Å². The average molecular weight is 424 g/mol. The summed E-state index contributed by atoms with van der Waals surface area (Å²) >= 11 is 0. The number of nitrogens with one attached hydrogen (secondary N) is 1. The van der Waals surface area contributed by atoms with Crippen molar-refractivity contribution in [2.75, 3.05) is 40.7 Å². The summed E-state index contributed by atoms with van der Waals surface area (Å²) in [5.74, 6) is 0.609. The van der Waals surface area contributed by atoms with Crippen LogP contribution >= 0.6 is 0 Å². The van der Waals surface area contributed by atoms with Gasteiger partial charge in [-0.05, 0) is 43.2 Å². The standard InChI is InChI=1S/C22H25N5O2S/c1-17-8-9-18(2)21(14-17)30(28,29)25-19-15-23-22(24-16-19)27-12-10-26(11-13-27)20-6-4-3-5-7-20/h3-9,14-16,25H,10-13H2,1-2H3. The van der Waals surface area contributed by atoms with E-state index in [9.17, 15) is 8.42 Å². The third-order valence-corrected chi connectivity index (χ3v) is 6.73. The Bertz CT molecular complexity index is 1110. The van der Waals surface area contributed by atoms with Gasteiger partial charge in [0.05, 0.1) is 23.0 Å². The predicted octanol–water partition coefficient (Wildman–Crippen LogP) is 3.22. The molecule has 30 heavy (non-hydrogen) atoms. The minimum Gasteiger partial charge on any atom is -0.368 e. The molecular formula is C22H25N5O2S. The number of aromatic nitrogens is 2. The van der Waals surface area contributed by atoms with Gasteiger partial charge in [0.25, 0.3) is 10.0 Å². The van der Waals surface area contributed by atoms with Crippen LogP contribution < -0.4 is 14.5 Å². The Balaban J connectivity index is 1.42. The van der Waals surface area contributed by atoms with Crippen molar-refractivity contribution in [1.82, 2.24) is 9.97 Å². The fraction of sp³-hybridized carbons (Fsp3) is 0.273. The predicted molar refractivity (Wildman–Crippen MR) is 120 cm³/mol. The van der Waals surface area contributed by atoms with Crippen molar-refractivity contribution in [1.29, 1.82) is 0 Å². The molecule has 4 rings (SSSR count). The summed E-state index contributed by atoms with van der Waals surface area (Å²) in [4.78, 5) is 13.5. The fourth-order valence-corrected chi connectivity index (χ4v) is 4.91. The number of hydrogen-bond donors (Lipinski definition) is 1. The fourth-order valence-electron chi connectivity index (χ4n) is 3.55. The summed E-state index contributed by atoms with van der Waals surface area (Å²) in [5.41, 5.74) is 3.15. The van der Waals surface area contributed by atoms with E-state index in [0.29, 0.717) is 17.2 Å². The van der Waals surface area contributed by atoms with E-state index in [-0.39, 0.29) is 4.90 Å². The molecule has 7 nitrogen and oxygen atoms in total. The second-order valence-corrected chi connectivity index (χ2v) is 9.11. The summed E-state index contributed by atoms with van der Waals surface area (Å²) in [6.45, 7) is 7.03. The Morgan fingerprint density at radius 3 is 2.17 bits per heavy atom. The van der Waals surface area contributed by atoms with Crippen molar-refractivity contribution in [3.05, 3.63) is 72.1 Å². The van der Waals surface area contributed by atoms with E-state index < -0.39 is 10.0 Å². The van der Waals surface area contributed by atoms with Gasteiger partial charge in [-0.15, -0.1) is 0 Å². The second-order valence-electron chi connectivity index (χ2n) is 7.46. The maximum atomic E-state index is 12.7. The average Bonchev–Trinajstić information content (AvgIpc) is 2.76. The van der Waals surface area contributed by atoms with E-state index in [1.165, 1.54) is 18.1 Å². The van der Waals surface area contributed by atoms with Crippen LogP contribution in [0.2, 0.25) is 0 Å². The van der Waals surface area contributed by atoms with Crippen LogP contribution in [-0.4, -0.2) is 44.6 Å². The largest absolute Gasteiger partial charge is 0.368 e. The van der Waals surface area contributed by atoms with Crippen LogP contribution in [0.25, 0.3) is 0 Å². The number of hydrogen-bond acceptors (Lipinski definition) is 6. The highest BCUT2D eigenvalue weighted by atomic mass is 32.2. The van der Waals surface area contributed by atoms with Gasteiger partial charge >= 0.3 is 0 Å². The summed E-state index contributed by atoms with van der Waals surface area (Å²) < 4.78 is 28.1. The van der Waals surface area contributed by atoms with Crippen LogP contribution in [0.1, 0.15) is 11.1 Å². The molecule has 0 unspecified atom stereocenters. The van der Waals surface area contributed by atoms with E-state index >= 15 is 0 Å². The Hall–Kier alpha value is -3.13. The first-order chi connectivity index (χ1) is 14.4. The molecule has 2 aromatic carbocycles. The summed E-state index contributed by atoms with van der Waals surface area (Å²) in [7, 11) is -3.69. The highest BCUT2D eigenvalue weighted by molar-refractivity contribution is 7.92. The highest BCUT2D eigenvalue weighted by Gasteiger charge is 2.20. The quantitative estimate of drug-likeness (QED) is 0.679. The van der Waals surface area contributed by atoms with E-state index in [1.807, 2.05) is 31.2 Å². The number of piperazine rings is 1. The van der Waals surface area contributed by atoms with Gasteiger partial charge in [0.2, 0.25) is 5.95 Å². The topological polar surface area (TPSA) is 78.4 Å². The van der Waals surface area contributed by atoms with Crippen LogP contribution in [0.5, 0.6) is 0 Å². The molecule has 1 aliphatic heterocycles. The minimum absolute atomic E-state index is 0.267. The normalized spacial score (nSPS) is 14.6. The lowest BCUT2D eigenvalue weighted by Crippen LogP contribution is -2.47. The molecule has 1 aromatic heterocycles. The molecule has 2 heterocycles. The molecule has 1 N–H and O–H groups in total. The zero-order chi connectivity index (χ0) is 21.1. The van der Waals surface area contributed by atoms with Crippen molar-refractivity contribution < 1.29 is 8.42 Å². The molecule has 3 aromatic rings. The molecule has 0 atom stereocenters. The number of sulfonamides is 1. The SMILES string of the molecule is Cc1ccc(C)c(S(=O)(=O)Nc2cnc(N3CCN(c4ccccc4)CC3)nc2)c1. The summed E-state index contributed by atoms with van der Waals surface area (Å²) in [6.07, 6.45) is 3.04. The van der Waals surface area contributed by atoms with Gasteiger partial charge in [-0.25, -0.2) is 18.4 Å². The van der Waals surface area contributed by atoms with Crippen molar-refractivity contribution >= 4 is 27.3 Å². The first kappa shape index (κ1) is 20.2. The van der Waals surface area contributed by atoms with Crippen LogP contribution in [0.4, 0.5) is 17.3 Å². The van der Waals surface area contributed by atoms with Gasteiger partial charge in [-0.3, -0.25) is 4.72 Å². The van der Waals surface area contributed by atoms with Crippen molar-refractivity contribution in [2.45, 2.75) is 18.7 Å². The van der Waals surface area contributed by atoms with Crippen LogP contribution in [0, 0.1) is 13.8 Å². The number of nitrogens with zero attached hydrogens (tertiary/aromatic N) is 4. The van der Waals surface area contributed by atoms with E-state index in [2.05, 4.69) is 36.6 Å². The maximum Gasteiger partial charge on any atom is 0.262 e. The number of para-hydroxylation sites is 1. The number of anilines is 3. The lowest BCUT2D eigenvalue weighted by atomic mass is 10.2. The van der Waals surface area contributed by atoms with Gasteiger partial charge in [-0.1, -0.05) is 30.3 Å². The number of aryl methyl sites for hydroxylation is 2.